The minimum atomic E-state index is -0.244. The summed E-state index contributed by atoms with van der Waals surface area (Å²) in [6, 6.07) is 7.13. The third-order valence-corrected chi connectivity index (χ3v) is 2.43. The molecule has 0 fully saturated rings. The van der Waals surface area contributed by atoms with Crippen LogP contribution in [0.4, 0.5) is 5.69 Å². The highest BCUT2D eigenvalue weighted by molar-refractivity contribution is 5.94. The smallest absolute Gasteiger partial charge is 0.243 e. The number of ether oxygens (including phenoxy) is 1. The SMILES string of the molecule is CCCC(=O)NCC(=O)Nc1ccc(OC(C)C)cc1. The zero-order valence-electron chi connectivity index (χ0n) is 12.2. The number of anilines is 1. The lowest BCUT2D eigenvalue weighted by molar-refractivity contribution is -0.124. The highest BCUT2D eigenvalue weighted by atomic mass is 16.5. The molecule has 2 amide bonds. The van der Waals surface area contributed by atoms with Crippen LogP contribution >= 0.6 is 0 Å². The number of hydrogen-bond acceptors (Lipinski definition) is 3. The van der Waals surface area contributed by atoms with Crippen LogP contribution in [-0.2, 0) is 9.59 Å². The van der Waals surface area contributed by atoms with Gasteiger partial charge in [0, 0.05) is 12.1 Å². The first-order valence-corrected chi connectivity index (χ1v) is 6.84. The van der Waals surface area contributed by atoms with Gasteiger partial charge in [0.15, 0.2) is 0 Å². The van der Waals surface area contributed by atoms with Gasteiger partial charge in [-0.15, -0.1) is 0 Å². The average Bonchev–Trinajstić information content (AvgIpc) is 2.38. The summed E-state index contributed by atoms with van der Waals surface area (Å²) in [5.41, 5.74) is 0.677. The summed E-state index contributed by atoms with van der Waals surface area (Å²) < 4.78 is 5.51. The van der Waals surface area contributed by atoms with E-state index in [1.807, 2.05) is 20.8 Å². The maximum Gasteiger partial charge on any atom is 0.243 e. The van der Waals surface area contributed by atoms with Gasteiger partial charge in [-0.05, 0) is 44.5 Å². The molecule has 5 heteroatoms. The largest absolute Gasteiger partial charge is 0.491 e. The van der Waals surface area contributed by atoms with E-state index in [2.05, 4.69) is 10.6 Å². The summed E-state index contributed by atoms with van der Waals surface area (Å²) in [6.45, 7) is 5.81. The minimum Gasteiger partial charge on any atom is -0.491 e. The van der Waals surface area contributed by atoms with Gasteiger partial charge in [-0.1, -0.05) is 6.92 Å². The van der Waals surface area contributed by atoms with Crippen molar-refractivity contribution in [3.05, 3.63) is 24.3 Å². The van der Waals surface area contributed by atoms with Crippen molar-refractivity contribution in [2.24, 2.45) is 0 Å². The van der Waals surface area contributed by atoms with Gasteiger partial charge in [-0.3, -0.25) is 9.59 Å². The Morgan fingerprint density at radius 3 is 2.35 bits per heavy atom. The normalized spacial score (nSPS) is 10.2. The molecule has 0 heterocycles. The van der Waals surface area contributed by atoms with Crippen LogP contribution in [0.5, 0.6) is 5.75 Å². The molecule has 110 valence electrons. The lowest BCUT2D eigenvalue weighted by atomic mass is 10.3. The van der Waals surface area contributed by atoms with E-state index in [-0.39, 0.29) is 24.5 Å². The average molecular weight is 278 g/mol. The number of carbonyl (C=O) groups is 2. The molecule has 1 aromatic carbocycles. The Bertz CT molecular complexity index is 441. The van der Waals surface area contributed by atoms with Crippen LogP contribution < -0.4 is 15.4 Å². The molecule has 0 saturated heterocycles. The Labute approximate surface area is 119 Å². The summed E-state index contributed by atoms with van der Waals surface area (Å²) in [5.74, 6) is 0.407. The van der Waals surface area contributed by atoms with Crippen LogP contribution in [-0.4, -0.2) is 24.5 Å². The van der Waals surface area contributed by atoms with Gasteiger partial charge < -0.3 is 15.4 Å². The summed E-state index contributed by atoms with van der Waals surface area (Å²) in [4.78, 5) is 22.9. The van der Waals surface area contributed by atoms with Crippen LogP contribution in [0.1, 0.15) is 33.6 Å². The second-order valence-corrected chi connectivity index (χ2v) is 4.77. The molecule has 0 bridgehead atoms. The predicted octanol–water partition coefficient (Wildman–Crippen LogP) is 2.33. The zero-order valence-corrected chi connectivity index (χ0v) is 12.2. The van der Waals surface area contributed by atoms with Gasteiger partial charge in [-0.25, -0.2) is 0 Å². The standard InChI is InChI=1S/C15H22N2O3/c1-4-5-14(18)16-10-15(19)17-12-6-8-13(9-7-12)20-11(2)3/h6-9,11H,4-5,10H2,1-3H3,(H,16,18)(H,17,19). The van der Waals surface area contributed by atoms with E-state index in [9.17, 15) is 9.59 Å². The van der Waals surface area contributed by atoms with Crippen molar-refractivity contribution < 1.29 is 14.3 Å². The van der Waals surface area contributed by atoms with Crippen molar-refractivity contribution in [2.75, 3.05) is 11.9 Å². The van der Waals surface area contributed by atoms with E-state index in [4.69, 9.17) is 4.74 Å². The fourth-order valence-corrected chi connectivity index (χ4v) is 1.59. The third-order valence-electron chi connectivity index (χ3n) is 2.43. The number of amides is 2. The predicted molar refractivity (Wildman–Crippen MR) is 78.8 cm³/mol. The van der Waals surface area contributed by atoms with E-state index >= 15 is 0 Å². The first-order valence-electron chi connectivity index (χ1n) is 6.84. The van der Waals surface area contributed by atoms with Gasteiger partial charge in [0.25, 0.3) is 0 Å². The van der Waals surface area contributed by atoms with Crippen molar-refractivity contribution >= 4 is 17.5 Å². The Morgan fingerprint density at radius 2 is 1.80 bits per heavy atom. The number of benzene rings is 1. The molecule has 0 saturated carbocycles. The first kappa shape index (κ1) is 16.0. The number of nitrogens with one attached hydrogen (secondary N) is 2. The highest BCUT2D eigenvalue weighted by Crippen LogP contribution is 2.16. The molecule has 0 aliphatic rings. The van der Waals surface area contributed by atoms with E-state index in [1.165, 1.54) is 0 Å². The minimum absolute atomic E-state index is 0.0108. The second kappa shape index (κ2) is 8.19. The van der Waals surface area contributed by atoms with Crippen molar-refractivity contribution in [2.45, 2.75) is 39.7 Å². The Morgan fingerprint density at radius 1 is 1.15 bits per heavy atom. The maximum atomic E-state index is 11.6. The van der Waals surface area contributed by atoms with Crippen LogP contribution in [0, 0.1) is 0 Å². The van der Waals surface area contributed by atoms with E-state index < -0.39 is 0 Å². The van der Waals surface area contributed by atoms with Crippen LogP contribution in [0.25, 0.3) is 0 Å². The lowest BCUT2D eigenvalue weighted by Crippen LogP contribution is -2.32. The first-order chi connectivity index (χ1) is 9.51. The molecule has 0 aliphatic carbocycles. The third kappa shape index (κ3) is 6.22. The van der Waals surface area contributed by atoms with Gasteiger partial charge in [0.2, 0.25) is 11.8 Å². The monoisotopic (exact) mass is 278 g/mol. The molecule has 5 nitrogen and oxygen atoms in total. The quantitative estimate of drug-likeness (QED) is 0.804. The zero-order chi connectivity index (χ0) is 15.0. The lowest BCUT2D eigenvalue weighted by Gasteiger charge is -2.11. The molecule has 0 aliphatic heterocycles. The van der Waals surface area contributed by atoms with Gasteiger partial charge >= 0.3 is 0 Å². The van der Waals surface area contributed by atoms with Crippen molar-refractivity contribution in [1.29, 1.82) is 0 Å². The van der Waals surface area contributed by atoms with Gasteiger partial charge in [-0.2, -0.15) is 0 Å². The molecular weight excluding hydrogens is 256 g/mol. The van der Waals surface area contributed by atoms with E-state index in [0.29, 0.717) is 12.1 Å². The summed E-state index contributed by atoms with van der Waals surface area (Å²) in [7, 11) is 0. The Hall–Kier alpha value is -2.04. The Kier molecular flexibility index (Phi) is 6.56. The molecule has 0 radical (unpaired) electrons. The number of carbonyl (C=O) groups excluding carboxylic acids is 2. The maximum absolute atomic E-state index is 11.6. The highest BCUT2D eigenvalue weighted by Gasteiger charge is 2.05. The number of hydrogen-bond donors (Lipinski definition) is 2. The van der Waals surface area contributed by atoms with Crippen LogP contribution in [0.2, 0.25) is 0 Å². The van der Waals surface area contributed by atoms with E-state index in [1.54, 1.807) is 24.3 Å². The molecular formula is C15H22N2O3. The van der Waals surface area contributed by atoms with Crippen molar-refractivity contribution in [3.8, 4) is 5.75 Å². The molecule has 0 unspecified atom stereocenters. The van der Waals surface area contributed by atoms with Crippen molar-refractivity contribution in [1.82, 2.24) is 5.32 Å². The fraction of sp³-hybridized carbons (Fsp3) is 0.467. The topological polar surface area (TPSA) is 67.4 Å². The molecule has 1 rings (SSSR count). The summed E-state index contributed by atoms with van der Waals surface area (Å²) in [6.07, 6.45) is 1.32. The molecule has 0 spiro atoms. The molecule has 2 N–H and O–H groups in total. The Balaban J connectivity index is 2.40. The molecule has 1 aromatic rings. The van der Waals surface area contributed by atoms with Crippen LogP contribution in [0.3, 0.4) is 0 Å². The second-order valence-electron chi connectivity index (χ2n) is 4.77. The summed E-state index contributed by atoms with van der Waals surface area (Å²) >= 11 is 0. The molecule has 0 atom stereocenters. The molecule has 20 heavy (non-hydrogen) atoms. The number of rotatable bonds is 7. The van der Waals surface area contributed by atoms with Crippen molar-refractivity contribution in [3.63, 3.8) is 0 Å². The van der Waals surface area contributed by atoms with Gasteiger partial charge in [0.1, 0.15) is 5.75 Å². The summed E-state index contributed by atoms with van der Waals surface area (Å²) in [5, 5.41) is 5.28. The fourth-order valence-electron chi connectivity index (χ4n) is 1.59. The van der Waals surface area contributed by atoms with Gasteiger partial charge in [0.05, 0.1) is 12.6 Å². The van der Waals surface area contributed by atoms with E-state index in [0.717, 1.165) is 12.2 Å². The molecule has 0 aromatic heterocycles. The van der Waals surface area contributed by atoms with Crippen LogP contribution in [0.15, 0.2) is 24.3 Å².